The average molecular weight is 403 g/mol. The Morgan fingerprint density at radius 3 is 2.67 bits per heavy atom. The van der Waals surface area contributed by atoms with Crippen LogP contribution in [-0.2, 0) is 5.60 Å². The minimum Gasteiger partial charge on any atom is -0.378 e. The first-order valence-corrected chi connectivity index (χ1v) is 9.61. The average Bonchev–Trinajstić information content (AvgIpc) is 3.39. The number of aliphatic hydroxyl groups is 1. The van der Waals surface area contributed by atoms with E-state index in [1.165, 1.54) is 12.1 Å². The van der Waals surface area contributed by atoms with Gasteiger partial charge in [-0.2, -0.15) is 5.10 Å². The molecule has 0 radical (unpaired) electrons. The number of halogens is 2. The van der Waals surface area contributed by atoms with Gasteiger partial charge >= 0.3 is 0 Å². The van der Waals surface area contributed by atoms with E-state index in [0.29, 0.717) is 16.8 Å². The van der Waals surface area contributed by atoms with E-state index >= 15 is 0 Å². The summed E-state index contributed by atoms with van der Waals surface area (Å²) < 4.78 is 29.2. The SMILES string of the molecule is Cc1cccc2c(C(O)(CF)c3ccc4c(cnn4-c4ccc(F)cc4)c3)c[nH]c12. The molecule has 0 aliphatic carbocycles. The highest BCUT2D eigenvalue weighted by atomic mass is 19.1. The summed E-state index contributed by atoms with van der Waals surface area (Å²) in [5.41, 5.74) is 2.54. The fourth-order valence-corrected chi connectivity index (χ4v) is 4.03. The molecule has 0 saturated carbocycles. The monoisotopic (exact) mass is 403 g/mol. The van der Waals surface area contributed by atoms with Crippen LogP contribution in [0.25, 0.3) is 27.5 Å². The molecule has 4 nitrogen and oxygen atoms in total. The Kier molecular flexibility index (Phi) is 4.18. The number of nitrogens with zero attached hydrogens (tertiary/aromatic N) is 2. The second-order valence-corrected chi connectivity index (χ2v) is 7.50. The number of H-pyrrole nitrogens is 1. The third kappa shape index (κ3) is 2.72. The number of aromatic nitrogens is 3. The highest BCUT2D eigenvalue weighted by Crippen LogP contribution is 2.37. The lowest BCUT2D eigenvalue weighted by molar-refractivity contribution is 0.0534. The Morgan fingerprint density at radius 2 is 1.90 bits per heavy atom. The fourth-order valence-electron chi connectivity index (χ4n) is 4.03. The van der Waals surface area contributed by atoms with E-state index in [1.54, 1.807) is 47.4 Å². The molecule has 30 heavy (non-hydrogen) atoms. The van der Waals surface area contributed by atoms with Crippen molar-refractivity contribution in [3.05, 3.63) is 95.6 Å². The minimum atomic E-state index is -1.79. The van der Waals surface area contributed by atoms with Gasteiger partial charge in [0.05, 0.1) is 17.4 Å². The van der Waals surface area contributed by atoms with Crippen LogP contribution >= 0.6 is 0 Å². The van der Waals surface area contributed by atoms with Crippen molar-refractivity contribution in [1.29, 1.82) is 0 Å². The number of hydrogen-bond donors (Lipinski definition) is 2. The Morgan fingerprint density at radius 1 is 1.10 bits per heavy atom. The minimum absolute atomic E-state index is 0.320. The van der Waals surface area contributed by atoms with E-state index in [1.807, 2.05) is 25.1 Å². The van der Waals surface area contributed by atoms with Gasteiger partial charge in [0, 0.05) is 28.0 Å². The van der Waals surface area contributed by atoms with Crippen molar-refractivity contribution in [2.75, 3.05) is 6.67 Å². The number of aryl methyl sites for hydroxylation is 1. The molecule has 1 atom stereocenters. The van der Waals surface area contributed by atoms with Gasteiger partial charge in [-0.1, -0.05) is 24.3 Å². The first kappa shape index (κ1) is 18.5. The second-order valence-electron chi connectivity index (χ2n) is 7.50. The fraction of sp³-hybridized carbons (Fsp3) is 0.125. The zero-order valence-corrected chi connectivity index (χ0v) is 16.2. The third-order valence-electron chi connectivity index (χ3n) is 5.68. The molecule has 0 aliphatic heterocycles. The number of nitrogens with one attached hydrogen (secondary N) is 1. The number of alkyl halides is 1. The number of aromatic amines is 1. The van der Waals surface area contributed by atoms with Gasteiger partial charge in [-0.05, 0) is 54.4 Å². The van der Waals surface area contributed by atoms with Crippen molar-refractivity contribution >= 4 is 21.8 Å². The van der Waals surface area contributed by atoms with Gasteiger partial charge in [-0.3, -0.25) is 0 Å². The molecular formula is C24H19F2N3O. The second kappa shape index (κ2) is 6.78. The standard InChI is InChI=1S/C24H19F2N3O/c1-15-3-2-4-20-21(13-27-23(15)20)24(30,14-25)17-5-10-22-16(11-17)12-28-29(22)19-8-6-18(26)7-9-19/h2-13,27,30H,14H2,1H3. The van der Waals surface area contributed by atoms with Crippen LogP contribution in [0.4, 0.5) is 8.78 Å². The summed E-state index contributed by atoms with van der Waals surface area (Å²) in [7, 11) is 0. The molecule has 3 aromatic carbocycles. The Bertz CT molecular complexity index is 1370. The summed E-state index contributed by atoms with van der Waals surface area (Å²) in [6.45, 7) is 0.999. The molecule has 6 heteroatoms. The van der Waals surface area contributed by atoms with Gasteiger partial charge in [-0.25, -0.2) is 13.5 Å². The van der Waals surface area contributed by atoms with Gasteiger partial charge in [0.2, 0.25) is 0 Å². The summed E-state index contributed by atoms with van der Waals surface area (Å²) in [5.74, 6) is -0.320. The van der Waals surface area contributed by atoms with Crippen molar-refractivity contribution in [1.82, 2.24) is 14.8 Å². The van der Waals surface area contributed by atoms with Crippen LogP contribution in [0.1, 0.15) is 16.7 Å². The molecule has 2 heterocycles. The quantitative estimate of drug-likeness (QED) is 0.436. The molecule has 2 aromatic heterocycles. The lowest BCUT2D eigenvalue weighted by Gasteiger charge is -2.25. The van der Waals surface area contributed by atoms with Crippen molar-refractivity contribution in [2.45, 2.75) is 12.5 Å². The van der Waals surface area contributed by atoms with Gasteiger partial charge in [-0.15, -0.1) is 0 Å². The first-order chi connectivity index (χ1) is 14.5. The largest absolute Gasteiger partial charge is 0.378 e. The van der Waals surface area contributed by atoms with Gasteiger partial charge in [0.25, 0.3) is 0 Å². The summed E-state index contributed by atoms with van der Waals surface area (Å²) in [5, 5.41) is 17.3. The van der Waals surface area contributed by atoms with Crippen LogP contribution in [0.5, 0.6) is 0 Å². The molecule has 0 spiro atoms. The number of hydrogen-bond acceptors (Lipinski definition) is 2. The Balaban J connectivity index is 1.64. The van der Waals surface area contributed by atoms with E-state index in [2.05, 4.69) is 10.1 Å². The first-order valence-electron chi connectivity index (χ1n) is 9.61. The molecule has 0 saturated heterocycles. The number of benzene rings is 3. The maximum Gasteiger partial charge on any atom is 0.145 e. The lowest BCUT2D eigenvalue weighted by Crippen LogP contribution is -2.29. The molecule has 0 fully saturated rings. The molecule has 5 aromatic rings. The molecular weight excluding hydrogens is 384 g/mol. The van der Waals surface area contributed by atoms with Crippen molar-refractivity contribution < 1.29 is 13.9 Å². The highest BCUT2D eigenvalue weighted by molar-refractivity contribution is 5.88. The summed E-state index contributed by atoms with van der Waals surface area (Å²) >= 11 is 0. The van der Waals surface area contributed by atoms with E-state index in [-0.39, 0.29) is 5.82 Å². The zero-order valence-electron chi connectivity index (χ0n) is 16.2. The Labute approximate surface area is 171 Å². The van der Waals surface area contributed by atoms with Crippen LogP contribution < -0.4 is 0 Å². The maximum absolute atomic E-state index is 14.3. The zero-order chi connectivity index (χ0) is 20.9. The van der Waals surface area contributed by atoms with Crippen LogP contribution in [0.2, 0.25) is 0 Å². The van der Waals surface area contributed by atoms with Crippen molar-refractivity contribution in [3.63, 3.8) is 0 Å². The predicted octanol–water partition coefficient (Wildman–Crippen LogP) is 5.16. The van der Waals surface area contributed by atoms with E-state index in [9.17, 15) is 13.9 Å². The van der Waals surface area contributed by atoms with Gasteiger partial charge < -0.3 is 10.1 Å². The maximum atomic E-state index is 14.3. The topological polar surface area (TPSA) is 53.8 Å². The van der Waals surface area contributed by atoms with E-state index < -0.39 is 12.3 Å². The highest BCUT2D eigenvalue weighted by Gasteiger charge is 2.34. The van der Waals surface area contributed by atoms with Crippen LogP contribution in [0, 0.1) is 12.7 Å². The molecule has 5 rings (SSSR count). The molecule has 150 valence electrons. The van der Waals surface area contributed by atoms with Crippen molar-refractivity contribution in [2.24, 2.45) is 0 Å². The molecule has 0 bridgehead atoms. The molecule has 2 N–H and O–H groups in total. The molecule has 0 amide bonds. The van der Waals surface area contributed by atoms with Crippen LogP contribution in [-0.4, -0.2) is 26.5 Å². The van der Waals surface area contributed by atoms with E-state index in [4.69, 9.17) is 0 Å². The molecule has 0 aliphatic rings. The number of fused-ring (bicyclic) bond motifs is 2. The Hall–Kier alpha value is -3.51. The smallest absolute Gasteiger partial charge is 0.145 e. The summed E-state index contributed by atoms with van der Waals surface area (Å²) in [6.07, 6.45) is 3.32. The normalized spacial score (nSPS) is 13.7. The third-order valence-corrected chi connectivity index (χ3v) is 5.68. The predicted molar refractivity (Wildman–Crippen MR) is 113 cm³/mol. The number of rotatable bonds is 4. The van der Waals surface area contributed by atoms with Gasteiger partial charge in [0.15, 0.2) is 0 Å². The van der Waals surface area contributed by atoms with Crippen LogP contribution in [0.15, 0.2) is 73.1 Å². The van der Waals surface area contributed by atoms with E-state index in [0.717, 1.165) is 27.4 Å². The van der Waals surface area contributed by atoms with Gasteiger partial charge in [0.1, 0.15) is 18.1 Å². The van der Waals surface area contributed by atoms with Crippen LogP contribution in [0.3, 0.4) is 0 Å². The number of para-hydroxylation sites is 1. The molecule has 1 unspecified atom stereocenters. The van der Waals surface area contributed by atoms with Crippen molar-refractivity contribution in [3.8, 4) is 5.69 Å². The lowest BCUT2D eigenvalue weighted by atomic mass is 9.86. The summed E-state index contributed by atoms with van der Waals surface area (Å²) in [4.78, 5) is 3.16. The summed E-state index contributed by atoms with van der Waals surface area (Å²) in [6, 6.07) is 17.0.